The van der Waals surface area contributed by atoms with Crippen LogP contribution in [0.1, 0.15) is 43.9 Å². The molecule has 0 amide bonds. The third-order valence-electron chi connectivity index (χ3n) is 5.80. The van der Waals surface area contributed by atoms with Gasteiger partial charge in [0.05, 0.1) is 0 Å². The van der Waals surface area contributed by atoms with E-state index in [0.717, 1.165) is 26.1 Å². The van der Waals surface area contributed by atoms with E-state index in [1.54, 1.807) is 0 Å². The van der Waals surface area contributed by atoms with E-state index >= 15 is 0 Å². The number of hydrogen-bond acceptors (Lipinski definition) is 2. The molecule has 0 aliphatic carbocycles. The molecule has 2 atom stereocenters. The summed E-state index contributed by atoms with van der Waals surface area (Å²) >= 11 is 0. The van der Waals surface area contributed by atoms with Gasteiger partial charge in [0.2, 0.25) is 0 Å². The van der Waals surface area contributed by atoms with E-state index in [-0.39, 0.29) is 5.41 Å². The van der Waals surface area contributed by atoms with Crippen LogP contribution in [0.15, 0.2) is 48.5 Å². The average Bonchev–Trinajstić information content (AvgIpc) is 2.89. The van der Waals surface area contributed by atoms with Gasteiger partial charge in [-0.05, 0) is 57.1 Å². The lowest BCUT2D eigenvalue weighted by Crippen LogP contribution is -2.41. The Labute approximate surface area is 146 Å². The highest BCUT2D eigenvalue weighted by atomic mass is 15.1. The maximum absolute atomic E-state index is 3.74. The molecule has 2 nitrogen and oxygen atoms in total. The first-order chi connectivity index (χ1) is 11.6. The zero-order valence-electron chi connectivity index (χ0n) is 15.5. The van der Waals surface area contributed by atoms with E-state index in [2.05, 4.69) is 86.4 Å². The van der Waals surface area contributed by atoms with Crippen LogP contribution in [0, 0.1) is 6.92 Å². The number of nitrogens with zero attached hydrogens (tertiary/aromatic N) is 1. The predicted molar refractivity (Wildman–Crippen MR) is 104 cm³/mol. The van der Waals surface area contributed by atoms with E-state index in [1.165, 1.54) is 22.4 Å². The first-order valence-corrected chi connectivity index (χ1v) is 9.27. The number of fused-ring (bicyclic) bond motifs is 1. The summed E-state index contributed by atoms with van der Waals surface area (Å²) in [6, 6.07) is 18.4. The lowest BCUT2D eigenvalue weighted by atomic mass is 9.69. The lowest BCUT2D eigenvalue weighted by Gasteiger charge is -2.37. The number of anilines is 1. The highest BCUT2D eigenvalue weighted by molar-refractivity contribution is 5.65. The summed E-state index contributed by atoms with van der Waals surface area (Å²) in [5, 5.41) is 3.74. The Morgan fingerprint density at radius 3 is 2.33 bits per heavy atom. The van der Waals surface area contributed by atoms with Gasteiger partial charge in [0.25, 0.3) is 0 Å². The molecule has 3 rings (SSSR count). The SMILES string of the molecule is CCN(CC)CCC1(c2ccc(C)cc2)c2ccccc2NC1C. The van der Waals surface area contributed by atoms with Gasteiger partial charge in [0, 0.05) is 17.1 Å². The zero-order chi connectivity index (χ0) is 17.2. The number of nitrogens with one attached hydrogen (secondary N) is 1. The average molecular weight is 322 g/mol. The molecule has 1 aliphatic heterocycles. The Kier molecular flexibility index (Phi) is 4.96. The van der Waals surface area contributed by atoms with Crippen molar-refractivity contribution in [3.8, 4) is 0 Å². The smallest absolute Gasteiger partial charge is 0.0433 e. The van der Waals surface area contributed by atoms with Crippen molar-refractivity contribution in [1.29, 1.82) is 0 Å². The quantitative estimate of drug-likeness (QED) is 0.819. The minimum atomic E-state index is 0.0485. The third kappa shape index (κ3) is 2.84. The molecular weight excluding hydrogens is 292 g/mol. The molecule has 0 saturated carbocycles. The topological polar surface area (TPSA) is 15.3 Å². The van der Waals surface area contributed by atoms with Crippen molar-refractivity contribution in [2.24, 2.45) is 0 Å². The lowest BCUT2D eigenvalue weighted by molar-refractivity contribution is 0.267. The molecule has 2 unspecified atom stereocenters. The Hall–Kier alpha value is -1.80. The Morgan fingerprint density at radius 2 is 1.67 bits per heavy atom. The second-order valence-electron chi connectivity index (χ2n) is 7.03. The first-order valence-electron chi connectivity index (χ1n) is 9.27. The molecule has 128 valence electrons. The van der Waals surface area contributed by atoms with Gasteiger partial charge in [-0.3, -0.25) is 0 Å². The number of para-hydroxylation sites is 1. The normalized spacial score (nSPS) is 22.5. The van der Waals surface area contributed by atoms with Crippen molar-refractivity contribution >= 4 is 5.69 Å². The Bertz CT molecular complexity index is 673. The van der Waals surface area contributed by atoms with Gasteiger partial charge in [-0.15, -0.1) is 0 Å². The highest BCUT2D eigenvalue weighted by Crippen LogP contribution is 2.48. The minimum Gasteiger partial charge on any atom is -0.381 e. The van der Waals surface area contributed by atoms with Crippen LogP contribution in [-0.2, 0) is 5.41 Å². The van der Waals surface area contributed by atoms with Crippen LogP contribution in [0.4, 0.5) is 5.69 Å². The monoisotopic (exact) mass is 322 g/mol. The number of benzene rings is 2. The molecular formula is C22H30N2. The summed E-state index contributed by atoms with van der Waals surface area (Å²) in [5.74, 6) is 0. The molecule has 2 heteroatoms. The Morgan fingerprint density at radius 1 is 1.00 bits per heavy atom. The molecule has 0 radical (unpaired) electrons. The Balaban J connectivity index is 2.06. The van der Waals surface area contributed by atoms with E-state index in [0.29, 0.717) is 6.04 Å². The summed E-state index contributed by atoms with van der Waals surface area (Å²) in [6.07, 6.45) is 1.14. The summed E-state index contributed by atoms with van der Waals surface area (Å²) in [4.78, 5) is 2.53. The number of aryl methyl sites for hydroxylation is 1. The van der Waals surface area contributed by atoms with Crippen LogP contribution < -0.4 is 5.32 Å². The minimum absolute atomic E-state index is 0.0485. The second-order valence-corrected chi connectivity index (χ2v) is 7.03. The first kappa shape index (κ1) is 17.0. The van der Waals surface area contributed by atoms with Crippen molar-refractivity contribution in [3.63, 3.8) is 0 Å². The third-order valence-corrected chi connectivity index (χ3v) is 5.80. The van der Waals surface area contributed by atoms with Crippen molar-refractivity contribution in [1.82, 2.24) is 4.90 Å². The van der Waals surface area contributed by atoms with Crippen molar-refractivity contribution in [2.75, 3.05) is 25.0 Å². The van der Waals surface area contributed by atoms with Crippen molar-refractivity contribution < 1.29 is 0 Å². The van der Waals surface area contributed by atoms with E-state index < -0.39 is 0 Å². The molecule has 24 heavy (non-hydrogen) atoms. The van der Waals surface area contributed by atoms with Gasteiger partial charge < -0.3 is 10.2 Å². The second kappa shape index (κ2) is 6.98. The van der Waals surface area contributed by atoms with Crippen LogP contribution in [0.5, 0.6) is 0 Å². The maximum atomic E-state index is 3.74. The maximum Gasteiger partial charge on any atom is 0.0433 e. The molecule has 1 heterocycles. The molecule has 2 aromatic rings. The molecule has 0 bridgehead atoms. The predicted octanol–water partition coefficient (Wildman–Crippen LogP) is 4.83. The fourth-order valence-corrected chi connectivity index (χ4v) is 4.21. The summed E-state index contributed by atoms with van der Waals surface area (Å²) < 4.78 is 0. The van der Waals surface area contributed by atoms with E-state index in [4.69, 9.17) is 0 Å². The summed E-state index contributed by atoms with van der Waals surface area (Å²) in [5.41, 5.74) is 5.56. The summed E-state index contributed by atoms with van der Waals surface area (Å²) in [7, 11) is 0. The van der Waals surface area contributed by atoms with Gasteiger partial charge >= 0.3 is 0 Å². The zero-order valence-corrected chi connectivity index (χ0v) is 15.5. The van der Waals surface area contributed by atoms with Crippen molar-refractivity contribution in [2.45, 2.75) is 45.6 Å². The van der Waals surface area contributed by atoms with Gasteiger partial charge in [-0.1, -0.05) is 61.9 Å². The van der Waals surface area contributed by atoms with Crippen molar-refractivity contribution in [3.05, 3.63) is 65.2 Å². The standard InChI is InChI=1S/C22H30N2/c1-5-24(6-2)16-15-22(19-13-11-17(3)12-14-19)18(4)23-21-10-8-7-9-20(21)22/h7-14,18,23H,5-6,15-16H2,1-4H3. The molecule has 0 aromatic heterocycles. The van der Waals surface area contributed by atoms with Gasteiger partial charge in [0.1, 0.15) is 0 Å². The van der Waals surface area contributed by atoms with Gasteiger partial charge in [-0.2, -0.15) is 0 Å². The molecule has 2 aromatic carbocycles. The van der Waals surface area contributed by atoms with Gasteiger partial charge in [-0.25, -0.2) is 0 Å². The fraction of sp³-hybridized carbons (Fsp3) is 0.455. The number of hydrogen-bond donors (Lipinski definition) is 1. The highest BCUT2D eigenvalue weighted by Gasteiger charge is 2.45. The molecule has 1 N–H and O–H groups in total. The van der Waals surface area contributed by atoms with Crippen LogP contribution >= 0.6 is 0 Å². The number of rotatable bonds is 6. The fourth-order valence-electron chi connectivity index (χ4n) is 4.21. The molecule has 0 saturated heterocycles. The van der Waals surface area contributed by atoms with Crippen LogP contribution in [0.3, 0.4) is 0 Å². The van der Waals surface area contributed by atoms with Crippen LogP contribution in [0.25, 0.3) is 0 Å². The van der Waals surface area contributed by atoms with E-state index in [9.17, 15) is 0 Å². The van der Waals surface area contributed by atoms with E-state index in [1.807, 2.05) is 0 Å². The molecule has 0 fully saturated rings. The molecule has 0 spiro atoms. The molecule has 1 aliphatic rings. The summed E-state index contributed by atoms with van der Waals surface area (Å²) in [6.45, 7) is 12.4. The van der Waals surface area contributed by atoms with Crippen LogP contribution in [0.2, 0.25) is 0 Å². The largest absolute Gasteiger partial charge is 0.381 e. The van der Waals surface area contributed by atoms with Gasteiger partial charge in [0.15, 0.2) is 0 Å². The van der Waals surface area contributed by atoms with Crippen LogP contribution in [-0.4, -0.2) is 30.6 Å².